The van der Waals surface area contributed by atoms with E-state index < -0.39 is 0 Å². The summed E-state index contributed by atoms with van der Waals surface area (Å²) in [5.41, 5.74) is 2.40. The first kappa shape index (κ1) is 19.7. The smallest absolute Gasteiger partial charge is 0.230 e. The molecule has 1 saturated heterocycles. The minimum absolute atomic E-state index is 0.0510. The lowest BCUT2D eigenvalue weighted by atomic mass is 10.1. The maximum atomic E-state index is 12.1. The summed E-state index contributed by atoms with van der Waals surface area (Å²) in [6.45, 7) is 3.92. The Balaban J connectivity index is 1.42. The van der Waals surface area contributed by atoms with E-state index in [-0.39, 0.29) is 17.8 Å². The number of carbonyl (C=O) groups excluding carboxylic acids is 1. The van der Waals surface area contributed by atoms with Crippen LogP contribution in [0.2, 0.25) is 0 Å². The predicted molar refractivity (Wildman–Crippen MR) is 110 cm³/mol. The number of benzene rings is 1. The highest BCUT2D eigenvalue weighted by molar-refractivity contribution is 7.99. The van der Waals surface area contributed by atoms with E-state index in [2.05, 4.69) is 20.6 Å². The monoisotopic (exact) mass is 413 g/mol. The van der Waals surface area contributed by atoms with Crippen LogP contribution in [0.3, 0.4) is 0 Å². The van der Waals surface area contributed by atoms with Gasteiger partial charge in [-0.2, -0.15) is 9.61 Å². The van der Waals surface area contributed by atoms with Crippen molar-refractivity contribution in [3.63, 3.8) is 0 Å². The topological polar surface area (TPSA) is 90.6 Å². The van der Waals surface area contributed by atoms with Crippen LogP contribution in [0.5, 0.6) is 5.75 Å². The molecule has 0 spiro atoms. The first-order valence-electron chi connectivity index (χ1n) is 9.69. The van der Waals surface area contributed by atoms with E-state index in [1.807, 2.05) is 43.3 Å². The number of thioether (sulfide) groups is 1. The molecule has 1 aliphatic heterocycles. The quantitative estimate of drug-likeness (QED) is 0.568. The van der Waals surface area contributed by atoms with Gasteiger partial charge < -0.3 is 14.8 Å². The summed E-state index contributed by atoms with van der Waals surface area (Å²) >= 11 is 1.31. The average Bonchev–Trinajstić information content (AvgIpc) is 3.41. The van der Waals surface area contributed by atoms with Gasteiger partial charge in [0.05, 0.1) is 24.2 Å². The van der Waals surface area contributed by atoms with Crippen molar-refractivity contribution in [1.29, 1.82) is 0 Å². The van der Waals surface area contributed by atoms with Gasteiger partial charge in [-0.3, -0.25) is 4.79 Å². The van der Waals surface area contributed by atoms with Crippen molar-refractivity contribution in [2.75, 3.05) is 25.5 Å². The Morgan fingerprint density at radius 3 is 2.90 bits per heavy atom. The number of carbonyl (C=O) groups is 1. The highest BCUT2D eigenvalue weighted by Gasteiger charge is 2.17. The number of ether oxygens (including phenoxy) is 2. The summed E-state index contributed by atoms with van der Waals surface area (Å²) < 4.78 is 12.7. The maximum absolute atomic E-state index is 12.1. The summed E-state index contributed by atoms with van der Waals surface area (Å²) in [6, 6.07) is 11.6. The van der Waals surface area contributed by atoms with Crippen LogP contribution < -0.4 is 10.1 Å². The van der Waals surface area contributed by atoms with Gasteiger partial charge in [0.1, 0.15) is 5.75 Å². The van der Waals surface area contributed by atoms with Gasteiger partial charge in [-0.1, -0.05) is 11.8 Å². The minimum atomic E-state index is -0.0510. The molecule has 0 radical (unpaired) electrons. The van der Waals surface area contributed by atoms with Crippen LogP contribution in [0.1, 0.15) is 19.8 Å². The summed E-state index contributed by atoms with van der Waals surface area (Å²) in [5, 5.41) is 16.4. The zero-order valence-electron chi connectivity index (χ0n) is 16.2. The van der Waals surface area contributed by atoms with Gasteiger partial charge in [0.25, 0.3) is 0 Å². The predicted octanol–water partition coefficient (Wildman–Crippen LogP) is 2.58. The summed E-state index contributed by atoms with van der Waals surface area (Å²) in [7, 11) is 0. The Morgan fingerprint density at radius 2 is 2.14 bits per heavy atom. The van der Waals surface area contributed by atoms with Gasteiger partial charge >= 0.3 is 0 Å². The summed E-state index contributed by atoms with van der Waals surface area (Å²) in [5.74, 6) is 1.03. The normalized spacial score (nSPS) is 16.2. The molecule has 0 aliphatic carbocycles. The van der Waals surface area contributed by atoms with Crippen LogP contribution in [0.15, 0.2) is 41.6 Å². The molecular weight excluding hydrogens is 390 g/mol. The van der Waals surface area contributed by atoms with Gasteiger partial charge in [0.15, 0.2) is 5.65 Å². The minimum Gasteiger partial charge on any atom is -0.494 e. The number of aromatic nitrogens is 4. The lowest BCUT2D eigenvalue weighted by Crippen LogP contribution is -2.32. The third-order valence-electron chi connectivity index (χ3n) is 4.58. The number of hydrogen-bond donors (Lipinski definition) is 1. The molecule has 0 unspecified atom stereocenters. The molecule has 0 saturated carbocycles. The van der Waals surface area contributed by atoms with Crippen LogP contribution in [0.25, 0.3) is 16.9 Å². The van der Waals surface area contributed by atoms with E-state index >= 15 is 0 Å². The first-order chi connectivity index (χ1) is 14.2. The molecule has 1 fully saturated rings. The molecular formula is C20H23N5O3S. The van der Waals surface area contributed by atoms with Crippen LogP contribution in [-0.4, -0.2) is 57.3 Å². The molecule has 2 aromatic heterocycles. The molecule has 3 heterocycles. The van der Waals surface area contributed by atoms with Crippen LogP contribution in [0.4, 0.5) is 0 Å². The zero-order chi connectivity index (χ0) is 20.1. The molecule has 152 valence electrons. The van der Waals surface area contributed by atoms with Gasteiger partial charge in [-0.15, -0.1) is 10.2 Å². The lowest BCUT2D eigenvalue weighted by molar-refractivity contribution is -0.119. The molecule has 9 heteroatoms. The standard InChI is InChI=1S/C20H23N5O3S/c1-2-27-15-7-5-14(6-8-15)17-9-10-18-22-23-20(25(18)24-17)29-13-19(26)21-12-16-4-3-11-28-16/h5-10,16H,2-4,11-13H2,1H3,(H,21,26)/t16-/m0/s1. The highest BCUT2D eigenvalue weighted by Crippen LogP contribution is 2.23. The number of hydrogen-bond acceptors (Lipinski definition) is 7. The Labute approximate surface area is 173 Å². The molecule has 29 heavy (non-hydrogen) atoms. The average molecular weight is 414 g/mol. The maximum Gasteiger partial charge on any atom is 0.230 e. The van der Waals surface area contributed by atoms with Crippen molar-refractivity contribution in [3.05, 3.63) is 36.4 Å². The van der Waals surface area contributed by atoms with E-state index in [0.29, 0.717) is 24.0 Å². The number of nitrogens with one attached hydrogen (secondary N) is 1. The number of rotatable bonds is 8. The van der Waals surface area contributed by atoms with Crippen LogP contribution >= 0.6 is 11.8 Å². The molecule has 0 bridgehead atoms. The van der Waals surface area contributed by atoms with Crippen molar-refractivity contribution in [2.45, 2.75) is 31.0 Å². The molecule has 1 aromatic carbocycles. The van der Waals surface area contributed by atoms with Crippen molar-refractivity contribution in [2.24, 2.45) is 0 Å². The van der Waals surface area contributed by atoms with Crippen molar-refractivity contribution < 1.29 is 14.3 Å². The summed E-state index contributed by atoms with van der Waals surface area (Å²) in [4.78, 5) is 12.1. The SMILES string of the molecule is CCOc1ccc(-c2ccc3nnc(SCC(=O)NC[C@@H]4CCCO4)n3n2)cc1. The van der Waals surface area contributed by atoms with E-state index in [4.69, 9.17) is 9.47 Å². The molecule has 1 atom stereocenters. The van der Waals surface area contributed by atoms with Gasteiger partial charge in [0.2, 0.25) is 11.1 Å². The highest BCUT2D eigenvalue weighted by atomic mass is 32.2. The Kier molecular flexibility index (Phi) is 6.26. The zero-order valence-corrected chi connectivity index (χ0v) is 17.0. The van der Waals surface area contributed by atoms with E-state index in [1.54, 1.807) is 4.52 Å². The van der Waals surface area contributed by atoms with Crippen LogP contribution in [0, 0.1) is 0 Å². The van der Waals surface area contributed by atoms with Gasteiger partial charge in [0, 0.05) is 18.7 Å². The molecule has 4 rings (SSSR count). The van der Waals surface area contributed by atoms with Crippen molar-refractivity contribution >= 4 is 23.3 Å². The Morgan fingerprint density at radius 1 is 1.28 bits per heavy atom. The van der Waals surface area contributed by atoms with Gasteiger partial charge in [-0.05, 0) is 56.2 Å². The number of fused-ring (bicyclic) bond motifs is 1. The van der Waals surface area contributed by atoms with Crippen LogP contribution in [-0.2, 0) is 9.53 Å². The molecule has 1 amide bonds. The fraction of sp³-hybridized carbons (Fsp3) is 0.400. The number of nitrogens with zero attached hydrogens (tertiary/aromatic N) is 4. The van der Waals surface area contributed by atoms with E-state index in [9.17, 15) is 4.79 Å². The second-order valence-corrected chi connectivity index (χ2v) is 7.60. The third-order valence-corrected chi connectivity index (χ3v) is 5.50. The van der Waals surface area contributed by atoms with Crippen molar-refractivity contribution in [1.82, 2.24) is 25.1 Å². The lowest BCUT2D eigenvalue weighted by Gasteiger charge is -2.10. The third kappa shape index (κ3) is 4.86. The molecule has 3 aromatic rings. The largest absolute Gasteiger partial charge is 0.494 e. The van der Waals surface area contributed by atoms with E-state index in [1.165, 1.54) is 11.8 Å². The fourth-order valence-electron chi connectivity index (χ4n) is 3.12. The number of amides is 1. The second-order valence-electron chi connectivity index (χ2n) is 6.66. The molecule has 1 aliphatic rings. The summed E-state index contributed by atoms with van der Waals surface area (Å²) in [6.07, 6.45) is 2.19. The molecule has 8 nitrogen and oxygen atoms in total. The Bertz CT molecular complexity index is 970. The van der Waals surface area contributed by atoms with Gasteiger partial charge in [-0.25, -0.2) is 0 Å². The first-order valence-corrected chi connectivity index (χ1v) is 10.7. The fourth-order valence-corrected chi connectivity index (χ4v) is 3.83. The van der Waals surface area contributed by atoms with E-state index in [0.717, 1.165) is 36.5 Å². The Hall–Kier alpha value is -2.65. The second kappa shape index (κ2) is 9.23. The molecule has 1 N–H and O–H groups in total. The van der Waals surface area contributed by atoms with Crippen molar-refractivity contribution in [3.8, 4) is 17.0 Å².